The van der Waals surface area contributed by atoms with Crippen LogP contribution >= 0.6 is 11.3 Å². The molecule has 1 aliphatic rings. The predicted octanol–water partition coefficient (Wildman–Crippen LogP) is 1.55. The molecule has 11 nitrogen and oxygen atoms in total. The molecule has 3 amide bonds. The van der Waals surface area contributed by atoms with Gasteiger partial charge in [-0.15, -0.1) is 11.3 Å². The second kappa shape index (κ2) is 12.0. The van der Waals surface area contributed by atoms with Gasteiger partial charge in [0.2, 0.25) is 5.91 Å². The van der Waals surface area contributed by atoms with Crippen LogP contribution in [0.25, 0.3) is 10.8 Å². The number of amides is 3. The molecule has 0 saturated carbocycles. The first kappa shape index (κ1) is 24.2. The molecule has 35 heavy (non-hydrogen) atoms. The van der Waals surface area contributed by atoms with Crippen LogP contribution in [-0.2, 0) is 4.79 Å². The van der Waals surface area contributed by atoms with Gasteiger partial charge in [-0.2, -0.15) is 0 Å². The van der Waals surface area contributed by atoms with Crippen LogP contribution in [-0.4, -0.2) is 75.3 Å². The second-order valence-electron chi connectivity index (χ2n) is 7.66. The van der Waals surface area contributed by atoms with Crippen LogP contribution in [0, 0.1) is 0 Å². The Labute approximate surface area is 206 Å². The number of carbonyl (C=O) groups excluding carboxylic acids is 3. The molecule has 4 rings (SSSR count). The third-order valence-corrected chi connectivity index (χ3v) is 6.00. The van der Waals surface area contributed by atoms with Gasteiger partial charge >= 0.3 is 0 Å². The van der Waals surface area contributed by atoms with Gasteiger partial charge in [0.05, 0.1) is 6.54 Å². The Morgan fingerprint density at radius 1 is 1.00 bits per heavy atom. The van der Waals surface area contributed by atoms with E-state index in [0.29, 0.717) is 61.3 Å². The van der Waals surface area contributed by atoms with Crippen molar-refractivity contribution in [1.29, 1.82) is 0 Å². The topological polar surface area (TPSA) is 139 Å². The monoisotopic (exact) mass is 495 g/mol. The van der Waals surface area contributed by atoms with Gasteiger partial charge in [0, 0.05) is 50.0 Å². The number of nitrogens with zero attached hydrogens (tertiary/aromatic N) is 5. The van der Waals surface area contributed by atoms with Gasteiger partial charge in [-0.05, 0) is 31.0 Å². The lowest BCUT2D eigenvalue weighted by atomic mass is 10.2. The Kier molecular flexibility index (Phi) is 8.28. The van der Waals surface area contributed by atoms with Crippen LogP contribution in [0.15, 0.2) is 42.2 Å². The van der Waals surface area contributed by atoms with E-state index in [1.54, 1.807) is 40.9 Å². The lowest BCUT2D eigenvalue weighted by Gasteiger charge is -2.22. The number of thiazole rings is 1. The molecule has 3 aromatic heterocycles. The van der Waals surface area contributed by atoms with E-state index in [1.165, 1.54) is 17.5 Å². The Morgan fingerprint density at radius 2 is 1.80 bits per heavy atom. The summed E-state index contributed by atoms with van der Waals surface area (Å²) in [5.74, 6) is 0.0828. The molecule has 0 radical (unpaired) electrons. The van der Waals surface area contributed by atoms with E-state index in [1.807, 2.05) is 0 Å². The highest BCUT2D eigenvalue weighted by Gasteiger charge is 2.21. The third-order valence-electron chi connectivity index (χ3n) is 5.16. The van der Waals surface area contributed by atoms with E-state index < -0.39 is 0 Å². The number of ether oxygens (including phenoxy) is 1. The van der Waals surface area contributed by atoms with Gasteiger partial charge in [-0.25, -0.2) is 19.9 Å². The van der Waals surface area contributed by atoms with Gasteiger partial charge in [0.25, 0.3) is 11.8 Å². The van der Waals surface area contributed by atoms with Gasteiger partial charge in [-0.3, -0.25) is 14.4 Å². The predicted molar refractivity (Wildman–Crippen MR) is 128 cm³/mol. The van der Waals surface area contributed by atoms with Crippen LogP contribution < -0.4 is 15.4 Å². The molecule has 0 aliphatic carbocycles. The fraction of sp³-hybridized carbons (Fsp3) is 0.348. The standard InChI is InChI=1S/C23H25N7O4S/c31-18-6-2-12-30(23(33)16-15-35-22(29-16)20-26-8-3-9-27-20)13-4-10-28-21(32)19-17(5-1-7-25-19)34-14-11-24-18/h1,3,5,7-9,15H,2,4,6,10-14H2,(H,24,31)(H,28,32). The molecule has 0 saturated heterocycles. The number of fused-ring (bicyclic) bond motifs is 1. The van der Waals surface area contributed by atoms with Crippen molar-refractivity contribution in [2.75, 3.05) is 32.8 Å². The van der Waals surface area contributed by atoms with Crippen molar-refractivity contribution in [2.24, 2.45) is 0 Å². The number of nitrogens with one attached hydrogen (secondary N) is 2. The van der Waals surface area contributed by atoms with E-state index in [4.69, 9.17) is 4.74 Å². The largest absolute Gasteiger partial charge is 0.489 e. The average Bonchev–Trinajstić information content (AvgIpc) is 3.38. The van der Waals surface area contributed by atoms with Crippen molar-refractivity contribution >= 4 is 29.1 Å². The molecule has 1 aliphatic heterocycles. The first-order valence-corrected chi connectivity index (χ1v) is 12.1. The number of rotatable bonds is 2. The molecular formula is C23H25N7O4S. The van der Waals surface area contributed by atoms with Gasteiger partial charge in [0.15, 0.2) is 22.3 Å². The minimum atomic E-state index is -0.360. The average molecular weight is 496 g/mol. The summed E-state index contributed by atoms with van der Waals surface area (Å²) in [5, 5.41) is 7.87. The summed E-state index contributed by atoms with van der Waals surface area (Å²) in [6.07, 6.45) is 6.05. The Bertz CT molecular complexity index is 1170. The van der Waals surface area contributed by atoms with Crippen LogP contribution in [0.1, 0.15) is 40.2 Å². The Balaban J connectivity index is 1.45. The Hall–Kier alpha value is -3.93. The van der Waals surface area contributed by atoms with E-state index in [9.17, 15) is 14.4 Å². The van der Waals surface area contributed by atoms with Crippen molar-refractivity contribution in [1.82, 2.24) is 35.5 Å². The normalized spacial score (nSPS) is 15.9. The first-order valence-electron chi connectivity index (χ1n) is 11.3. The zero-order valence-electron chi connectivity index (χ0n) is 19.0. The summed E-state index contributed by atoms with van der Waals surface area (Å²) in [5.41, 5.74) is 0.479. The maximum Gasteiger partial charge on any atom is 0.273 e. The van der Waals surface area contributed by atoms with Crippen LogP contribution in [0.2, 0.25) is 0 Å². The molecule has 4 heterocycles. The Morgan fingerprint density at radius 3 is 2.66 bits per heavy atom. The molecule has 0 atom stereocenters. The SMILES string of the molecule is O=C1CCCN(C(=O)c2csc(-c3ncccn3)n2)CCCNC(=O)c2ncccc2OCCN1. The summed E-state index contributed by atoms with van der Waals surface area (Å²) in [4.78, 5) is 56.6. The molecule has 0 fully saturated rings. The van der Waals surface area contributed by atoms with Crippen molar-refractivity contribution < 1.29 is 19.1 Å². The van der Waals surface area contributed by atoms with E-state index in [-0.39, 0.29) is 36.4 Å². The fourth-order valence-electron chi connectivity index (χ4n) is 3.46. The van der Waals surface area contributed by atoms with Gasteiger partial charge in [0.1, 0.15) is 12.3 Å². The lowest BCUT2D eigenvalue weighted by Crippen LogP contribution is -2.36. The van der Waals surface area contributed by atoms with Crippen molar-refractivity contribution in [2.45, 2.75) is 19.3 Å². The van der Waals surface area contributed by atoms with Crippen LogP contribution in [0.3, 0.4) is 0 Å². The van der Waals surface area contributed by atoms with Crippen LogP contribution in [0.4, 0.5) is 0 Å². The number of pyridine rings is 1. The second-order valence-corrected chi connectivity index (χ2v) is 8.52. The van der Waals surface area contributed by atoms with Crippen molar-refractivity contribution in [3.63, 3.8) is 0 Å². The molecular weight excluding hydrogens is 470 g/mol. The zero-order valence-corrected chi connectivity index (χ0v) is 19.8. The number of carbonyl (C=O) groups is 3. The number of hydrogen-bond donors (Lipinski definition) is 2. The summed E-state index contributed by atoms with van der Waals surface area (Å²) < 4.78 is 5.63. The highest BCUT2D eigenvalue weighted by molar-refractivity contribution is 7.13. The van der Waals surface area contributed by atoms with Crippen molar-refractivity contribution in [3.05, 3.63) is 53.6 Å². The highest BCUT2D eigenvalue weighted by Crippen LogP contribution is 2.21. The molecule has 182 valence electrons. The first-order chi connectivity index (χ1) is 17.1. The molecule has 0 spiro atoms. The molecule has 0 aromatic carbocycles. The quantitative estimate of drug-likeness (QED) is 0.546. The molecule has 2 N–H and O–H groups in total. The number of hydrogen-bond acceptors (Lipinski definition) is 9. The maximum absolute atomic E-state index is 13.2. The fourth-order valence-corrected chi connectivity index (χ4v) is 4.20. The summed E-state index contributed by atoms with van der Waals surface area (Å²) in [6.45, 7) is 1.62. The van der Waals surface area contributed by atoms with Crippen molar-refractivity contribution in [3.8, 4) is 16.6 Å². The molecule has 12 heteroatoms. The van der Waals surface area contributed by atoms with E-state index >= 15 is 0 Å². The maximum atomic E-state index is 13.2. The number of aromatic nitrogens is 4. The van der Waals surface area contributed by atoms with Gasteiger partial charge < -0.3 is 20.3 Å². The summed E-state index contributed by atoms with van der Waals surface area (Å²) in [6, 6.07) is 5.06. The smallest absolute Gasteiger partial charge is 0.273 e. The summed E-state index contributed by atoms with van der Waals surface area (Å²) in [7, 11) is 0. The third kappa shape index (κ3) is 6.57. The van der Waals surface area contributed by atoms with Crippen LogP contribution in [0.5, 0.6) is 5.75 Å². The van der Waals surface area contributed by atoms with Gasteiger partial charge in [-0.1, -0.05) is 0 Å². The highest BCUT2D eigenvalue weighted by atomic mass is 32.1. The molecule has 3 aromatic rings. The lowest BCUT2D eigenvalue weighted by molar-refractivity contribution is -0.121. The van der Waals surface area contributed by atoms with E-state index in [2.05, 4.69) is 30.6 Å². The minimum Gasteiger partial charge on any atom is -0.489 e. The minimum absolute atomic E-state index is 0.130. The van der Waals surface area contributed by atoms with E-state index in [0.717, 1.165) is 0 Å². The molecule has 0 bridgehead atoms. The zero-order chi connectivity index (χ0) is 24.5. The summed E-state index contributed by atoms with van der Waals surface area (Å²) >= 11 is 1.30. The molecule has 0 unspecified atom stereocenters.